The third-order valence-electron chi connectivity index (χ3n) is 7.13. The van der Waals surface area contributed by atoms with Crippen LogP contribution >= 0.6 is 0 Å². The van der Waals surface area contributed by atoms with Crippen LogP contribution in [0.5, 0.6) is 0 Å². The van der Waals surface area contributed by atoms with Gasteiger partial charge in [-0.1, -0.05) is 6.58 Å². The van der Waals surface area contributed by atoms with Gasteiger partial charge < -0.3 is 19.3 Å². The second-order valence-electron chi connectivity index (χ2n) is 9.08. The number of carbonyl (C=O) groups is 2. The average Bonchev–Trinajstić information content (AvgIpc) is 3.12. The van der Waals surface area contributed by atoms with Gasteiger partial charge in [0.15, 0.2) is 0 Å². The monoisotopic (exact) mass is 438 g/mol. The van der Waals surface area contributed by atoms with Crippen LogP contribution in [0.2, 0.25) is 0 Å². The van der Waals surface area contributed by atoms with Crippen molar-refractivity contribution in [2.45, 2.75) is 64.1 Å². The number of amides is 1. The van der Waals surface area contributed by atoms with Gasteiger partial charge in [0.25, 0.3) is 0 Å². The molecule has 6 atom stereocenters. The van der Waals surface area contributed by atoms with Crippen LogP contribution in [0, 0.1) is 17.8 Å². The lowest BCUT2D eigenvalue weighted by Crippen LogP contribution is -2.55. The molecule has 8 nitrogen and oxygen atoms in total. The Hall–Kier alpha value is -1.80. The van der Waals surface area contributed by atoms with E-state index in [0.717, 1.165) is 31.6 Å². The predicted molar refractivity (Wildman–Crippen MR) is 115 cm³/mol. The summed E-state index contributed by atoms with van der Waals surface area (Å²) in [5.41, 5.74) is 0. The molecule has 3 rings (SSSR count). The number of rotatable bonds is 7. The zero-order valence-electron chi connectivity index (χ0n) is 19.1. The molecule has 0 spiro atoms. The number of nitrogens with zero attached hydrogens (tertiary/aromatic N) is 2. The molecule has 2 heterocycles. The molecule has 2 aliphatic heterocycles. The number of fused-ring (bicyclic) bond motifs is 1. The number of hydrogen-bond acceptors (Lipinski definition) is 7. The Morgan fingerprint density at radius 3 is 2.42 bits per heavy atom. The van der Waals surface area contributed by atoms with Crippen molar-refractivity contribution in [3.8, 4) is 0 Å². The van der Waals surface area contributed by atoms with Gasteiger partial charge in [-0.25, -0.2) is 9.59 Å². The van der Waals surface area contributed by atoms with Gasteiger partial charge in [-0.2, -0.15) is 0 Å². The van der Waals surface area contributed by atoms with Crippen molar-refractivity contribution in [1.82, 2.24) is 9.80 Å². The number of likely N-dealkylation sites (tertiary alicyclic amines) is 2. The topological polar surface area (TPSA) is 88.5 Å². The second-order valence-corrected chi connectivity index (χ2v) is 9.08. The number of ether oxygens (including phenoxy) is 3. The molecule has 31 heavy (non-hydrogen) atoms. The van der Waals surface area contributed by atoms with Crippen LogP contribution in [0.1, 0.15) is 46.0 Å². The average molecular weight is 439 g/mol. The van der Waals surface area contributed by atoms with E-state index in [1.54, 1.807) is 11.8 Å². The number of esters is 1. The van der Waals surface area contributed by atoms with Crippen molar-refractivity contribution in [3.05, 3.63) is 12.3 Å². The van der Waals surface area contributed by atoms with Crippen molar-refractivity contribution in [2.75, 3.05) is 40.0 Å². The number of β-amino-alcohol motifs (C(OH)–C–C–N with tert-alkyl or cyclic N) is 1. The molecule has 0 bridgehead atoms. The fourth-order valence-electron chi connectivity index (χ4n) is 5.72. The van der Waals surface area contributed by atoms with E-state index in [0.29, 0.717) is 56.9 Å². The summed E-state index contributed by atoms with van der Waals surface area (Å²) in [4.78, 5) is 28.7. The summed E-state index contributed by atoms with van der Waals surface area (Å²) in [7, 11) is 1.35. The van der Waals surface area contributed by atoms with Crippen molar-refractivity contribution in [3.63, 3.8) is 0 Å². The van der Waals surface area contributed by atoms with Gasteiger partial charge in [-0.05, 0) is 63.7 Å². The first-order chi connectivity index (χ1) is 14.9. The highest BCUT2D eigenvalue weighted by Gasteiger charge is 2.45. The third-order valence-corrected chi connectivity index (χ3v) is 7.13. The molecule has 0 radical (unpaired) electrons. The van der Waals surface area contributed by atoms with Gasteiger partial charge in [0.1, 0.15) is 11.8 Å². The number of carbonyl (C=O) groups excluding carboxylic acids is 2. The minimum atomic E-state index is -0.577. The smallest absolute Gasteiger partial charge is 0.410 e. The summed E-state index contributed by atoms with van der Waals surface area (Å²) >= 11 is 0. The molecule has 1 N–H and O–H groups in total. The number of aliphatic hydroxyl groups is 1. The lowest BCUT2D eigenvalue weighted by molar-refractivity contribution is -0.152. The Morgan fingerprint density at radius 2 is 1.74 bits per heavy atom. The summed E-state index contributed by atoms with van der Waals surface area (Å²) in [5.74, 6) is 1.62. The largest absolute Gasteiger partial charge is 0.497 e. The molecule has 176 valence electrons. The van der Waals surface area contributed by atoms with Gasteiger partial charge in [0.2, 0.25) is 0 Å². The van der Waals surface area contributed by atoms with Crippen LogP contribution in [0.25, 0.3) is 0 Å². The molecule has 2 saturated heterocycles. The van der Waals surface area contributed by atoms with Crippen LogP contribution in [0.15, 0.2) is 12.3 Å². The van der Waals surface area contributed by atoms with E-state index in [9.17, 15) is 14.7 Å². The molecular weight excluding hydrogens is 400 g/mol. The first-order valence-corrected chi connectivity index (χ1v) is 11.6. The third kappa shape index (κ3) is 5.52. The standard InChI is InChI=1S/C23H38N2O6/c1-5-30-15(3)20-11-19(26)14-24(20)12-16-7-8-17-13-25(23(28)29-4)21(10-18(17)9-16)22(27)31-6-2/h16-21,26H,3,5-14H2,1-2,4H3/t16-,17?,18?,19+,20?,21?/m0/s1. The van der Waals surface area contributed by atoms with Gasteiger partial charge >= 0.3 is 12.1 Å². The molecule has 1 aliphatic carbocycles. The number of aliphatic hydroxyl groups excluding tert-OH is 1. The summed E-state index contributed by atoms with van der Waals surface area (Å²) in [6.07, 6.45) is 3.57. The van der Waals surface area contributed by atoms with Crippen molar-refractivity contribution >= 4 is 12.1 Å². The molecule has 0 aromatic rings. The second kappa shape index (κ2) is 10.7. The Labute approximate surface area is 185 Å². The minimum absolute atomic E-state index is 0.0566. The Bertz CT molecular complexity index is 656. The molecule has 4 unspecified atom stereocenters. The van der Waals surface area contributed by atoms with E-state index >= 15 is 0 Å². The van der Waals surface area contributed by atoms with Crippen molar-refractivity contribution in [1.29, 1.82) is 0 Å². The number of methoxy groups -OCH3 is 1. The first kappa shape index (κ1) is 23.9. The molecule has 3 aliphatic rings. The van der Waals surface area contributed by atoms with Gasteiger partial charge in [-0.15, -0.1) is 0 Å². The summed E-state index contributed by atoms with van der Waals surface area (Å²) in [5, 5.41) is 10.2. The fourth-order valence-corrected chi connectivity index (χ4v) is 5.72. The van der Waals surface area contributed by atoms with Crippen LogP contribution in [0.4, 0.5) is 4.79 Å². The van der Waals surface area contributed by atoms with Crippen LogP contribution in [-0.4, -0.2) is 85.1 Å². The lowest BCUT2D eigenvalue weighted by Gasteiger charge is -2.46. The molecule has 3 fully saturated rings. The Morgan fingerprint density at radius 1 is 1.00 bits per heavy atom. The summed E-state index contributed by atoms with van der Waals surface area (Å²) < 4.78 is 15.8. The van der Waals surface area contributed by atoms with Crippen molar-refractivity contribution < 1.29 is 28.9 Å². The normalized spacial score (nSPS) is 33.5. The van der Waals surface area contributed by atoms with E-state index in [-0.39, 0.29) is 18.1 Å². The zero-order valence-corrected chi connectivity index (χ0v) is 19.1. The number of piperidine rings is 1. The van der Waals surface area contributed by atoms with Crippen molar-refractivity contribution in [2.24, 2.45) is 17.8 Å². The maximum absolute atomic E-state index is 12.5. The highest BCUT2D eigenvalue weighted by Crippen LogP contribution is 2.42. The van der Waals surface area contributed by atoms with E-state index in [4.69, 9.17) is 14.2 Å². The maximum atomic E-state index is 12.5. The Kier molecular flexibility index (Phi) is 8.22. The van der Waals surface area contributed by atoms with E-state index < -0.39 is 12.1 Å². The minimum Gasteiger partial charge on any atom is -0.497 e. The molecular formula is C23H38N2O6. The highest BCUT2D eigenvalue weighted by atomic mass is 16.6. The van der Waals surface area contributed by atoms with E-state index in [1.807, 2.05) is 6.92 Å². The van der Waals surface area contributed by atoms with Crippen LogP contribution in [0.3, 0.4) is 0 Å². The Balaban J connectivity index is 1.64. The zero-order chi connectivity index (χ0) is 22.5. The SMILES string of the molecule is C=C(OCC)C1C[C@@H](O)CN1C[C@H]1CCC2CN(C(=O)OC)C(C(=O)OCC)CC2C1. The van der Waals surface area contributed by atoms with Gasteiger partial charge in [0.05, 0.1) is 32.5 Å². The maximum Gasteiger partial charge on any atom is 0.410 e. The molecule has 1 amide bonds. The van der Waals surface area contributed by atoms with E-state index in [2.05, 4.69) is 11.5 Å². The summed E-state index contributed by atoms with van der Waals surface area (Å²) in [6, 6.07) is -0.521. The predicted octanol–water partition coefficient (Wildman–Crippen LogP) is 2.41. The quantitative estimate of drug-likeness (QED) is 0.482. The molecule has 1 saturated carbocycles. The first-order valence-electron chi connectivity index (χ1n) is 11.6. The summed E-state index contributed by atoms with van der Waals surface area (Å²) in [6.45, 7) is 10.7. The van der Waals surface area contributed by atoms with Gasteiger partial charge in [-0.3, -0.25) is 9.80 Å². The fraction of sp³-hybridized carbons (Fsp3) is 0.826. The highest BCUT2D eigenvalue weighted by molar-refractivity contribution is 5.81. The molecule has 8 heteroatoms. The van der Waals surface area contributed by atoms with E-state index in [1.165, 1.54) is 7.11 Å². The number of hydrogen-bond donors (Lipinski definition) is 1. The molecule has 0 aromatic carbocycles. The molecule has 0 aromatic heterocycles. The lowest BCUT2D eigenvalue weighted by atomic mass is 9.69. The van der Waals surface area contributed by atoms with Crippen LogP contribution < -0.4 is 0 Å². The van der Waals surface area contributed by atoms with Gasteiger partial charge in [0, 0.05) is 19.6 Å². The van der Waals surface area contributed by atoms with Crippen LogP contribution in [-0.2, 0) is 19.0 Å².